The van der Waals surface area contributed by atoms with Gasteiger partial charge in [-0.25, -0.2) is 0 Å². The first kappa shape index (κ1) is 19.4. The smallest absolute Gasteiger partial charge is 0.119 e. The maximum Gasteiger partial charge on any atom is 0.119 e. The van der Waals surface area contributed by atoms with Gasteiger partial charge >= 0.3 is 0 Å². The van der Waals surface area contributed by atoms with Crippen LogP contribution in [0.4, 0.5) is 0 Å². The Bertz CT molecular complexity index is 731. The summed E-state index contributed by atoms with van der Waals surface area (Å²) in [6.07, 6.45) is 8.19. The van der Waals surface area contributed by atoms with E-state index in [1.54, 1.807) is 12.2 Å². The van der Waals surface area contributed by atoms with Crippen LogP contribution in [0.25, 0.3) is 0 Å². The van der Waals surface area contributed by atoms with E-state index >= 15 is 0 Å². The highest BCUT2D eigenvalue weighted by molar-refractivity contribution is 5.42. The van der Waals surface area contributed by atoms with Gasteiger partial charge in [-0.3, -0.25) is 0 Å². The molecule has 0 saturated heterocycles. The van der Waals surface area contributed by atoms with Crippen molar-refractivity contribution in [2.24, 2.45) is 0 Å². The van der Waals surface area contributed by atoms with E-state index in [1.165, 1.54) is 18.4 Å². The van der Waals surface area contributed by atoms with Gasteiger partial charge in [0.05, 0.1) is 6.61 Å². The number of hydrogen-bond donors (Lipinski definition) is 0. The van der Waals surface area contributed by atoms with Gasteiger partial charge in [-0.15, -0.1) is 0 Å². The van der Waals surface area contributed by atoms with Crippen LogP contribution in [-0.4, -0.2) is 6.61 Å². The van der Waals surface area contributed by atoms with Gasteiger partial charge in [0.1, 0.15) is 5.75 Å². The van der Waals surface area contributed by atoms with E-state index in [4.69, 9.17) is 4.74 Å². The maximum atomic E-state index is 5.56. The molecule has 0 atom stereocenters. The summed E-state index contributed by atoms with van der Waals surface area (Å²) in [6.45, 7) is 5.05. The van der Waals surface area contributed by atoms with Crippen LogP contribution in [0.2, 0.25) is 0 Å². The zero-order chi connectivity index (χ0) is 18.5. The second kappa shape index (κ2) is 11.6. The number of allylic oxidation sites excluding steroid dienone is 2. The molecule has 0 unspecified atom stereocenters. The summed E-state index contributed by atoms with van der Waals surface area (Å²) in [5.74, 6) is 13.2. The van der Waals surface area contributed by atoms with E-state index in [-0.39, 0.29) is 0 Å². The zero-order valence-corrected chi connectivity index (χ0v) is 15.7. The standard InChI is InChI=1S/C25H26O/c1-3-5-10-22-13-15-23(16-14-22)11-8-6-7-9-12-24-17-19-25(20-18-24)26-21-4-2/h6-7,13-20H,3-5,10,21H2,1-2H3. The first-order chi connectivity index (χ1) is 12.8. The van der Waals surface area contributed by atoms with Crippen molar-refractivity contribution in [3.05, 3.63) is 77.4 Å². The summed E-state index contributed by atoms with van der Waals surface area (Å²) in [4.78, 5) is 0. The highest BCUT2D eigenvalue weighted by Gasteiger charge is 1.92. The van der Waals surface area contributed by atoms with Crippen molar-refractivity contribution in [3.8, 4) is 29.4 Å². The predicted molar refractivity (Wildman–Crippen MR) is 110 cm³/mol. The van der Waals surface area contributed by atoms with Gasteiger partial charge in [-0.05, 0) is 73.4 Å². The van der Waals surface area contributed by atoms with Crippen molar-refractivity contribution < 1.29 is 4.74 Å². The second-order valence-corrected chi connectivity index (χ2v) is 6.05. The number of unbranched alkanes of at least 4 members (excludes halogenated alkanes) is 1. The third-order valence-electron chi connectivity index (χ3n) is 3.78. The van der Waals surface area contributed by atoms with Crippen LogP contribution in [0, 0.1) is 23.7 Å². The van der Waals surface area contributed by atoms with E-state index in [1.807, 2.05) is 24.3 Å². The quantitative estimate of drug-likeness (QED) is 0.605. The summed E-state index contributed by atoms with van der Waals surface area (Å²) in [7, 11) is 0. The van der Waals surface area contributed by atoms with E-state index in [0.29, 0.717) is 0 Å². The molecule has 26 heavy (non-hydrogen) atoms. The molecule has 0 aliphatic carbocycles. The minimum absolute atomic E-state index is 0.744. The Morgan fingerprint density at radius 2 is 1.35 bits per heavy atom. The zero-order valence-electron chi connectivity index (χ0n) is 15.7. The molecule has 2 aromatic carbocycles. The highest BCUT2D eigenvalue weighted by atomic mass is 16.5. The Kier molecular flexibility index (Phi) is 8.68. The lowest BCUT2D eigenvalue weighted by Crippen LogP contribution is -1.94. The fraction of sp³-hybridized carbons (Fsp3) is 0.280. The number of ether oxygens (including phenoxy) is 1. The third kappa shape index (κ3) is 7.33. The van der Waals surface area contributed by atoms with Crippen molar-refractivity contribution in [1.29, 1.82) is 0 Å². The van der Waals surface area contributed by atoms with Crippen LogP contribution >= 0.6 is 0 Å². The Balaban J connectivity index is 1.84. The van der Waals surface area contributed by atoms with E-state index in [9.17, 15) is 0 Å². The van der Waals surface area contributed by atoms with E-state index in [2.05, 4.69) is 61.8 Å². The van der Waals surface area contributed by atoms with Gasteiger partial charge in [-0.1, -0.05) is 56.1 Å². The molecule has 132 valence electrons. The van der Waals surface area contributed by atoms with E-state index in [0.717, 1.165) is 36.3 Å². The molecular weight excluding hydrogens is 316 g/mol. The highest BCUT2D eigenvalue weighted by Crippen LogP contribution is 2.11. The van der Waals surface area contributed by atoms with Gasteiger partial charge in [0.2, 0.25) is 0 Å². The Morgan fingerprint density at radius 1 is 0.769 bits per heavy atom. The first-order valence-electron chi connectivity index (χ1n) is 9.31. The van der Waals surface area contributed by atoms with Crippen molar-refractivity contribution in [2.45, 2.75) is 39.5 Å². The number of aryl methyl sites for hydroxylation is 1. The molecule has 2 aromatic rings. The Morgan fingerprint density at radius 3 is 1.88 bits per heavy atom. The summed E-state index contributed by atoms with van der Waals surface area (Å²) >= 11 is 0. The number of rotatable bonds is 6. The molecule has 0 aliphatic rings. The lowest BCUT2D eigenvalue weighted by Gasteiger charge is -2.03. The Labute approximate surface area is 158 Å². The maximum absolute atomic E-state index is 5.56. The first-order valence-corrected chi connectivity index (χ1v) is 9.31. The van der Waals surface area contributed by atoms with Gasteiger partial charge in [0.25, 0.3) is 0 Å². The van der Waals surface area contributed by atoms with Crippen LogP contribution in [-0.2, 0) is 6.42 Å². The Hall–Kier alpha value is -2.90. The number of hydrogen-bond acceptors (Lipinski definition) is 1. The van der Waals surface area contributed by atoms with Gasteiger partial charge in [-0.2, -0.15) is 0 Å². The van der Waals surface area contributed by atoms with Crippen LogP contribution in [0.5, 0.6) is 5.75 Å². The molecule has 0 amide bonds. The second-order valence-electron chi connectivity index (χ2n) is 6.05. The molecule has 0 spiro atoms. The molecular formula is C25H26O. The number of benzene rings is 2. The average Bonchev–Trinajstić information content (AvgIpc) is 2.69. The summed E-state index contributed by atoms with van der Waals surface area (Å²) in [5, 5.41) is 0. The topological polar surface area (TPSA) is 9.23 Å². The molecule has 0 heterocycles. The molecule has 0 radical (unpaired) electrons. The molecule has 0 fully saturated rings. The van der Waals surface area contributed by atoms with Crippen molar-refractivity contribution >= 4 is 0 Å². The molecule has 0 bridgehead atoms. The van der Waals surface area contributed by atoms with Gasteiger partial charge < -0.3 is 4.74 Å². The minimum atomic E-state index is 0.744. The molecule has 0 aliphatic heterocycles. The molecule has 0 N–H and O–H groups in total. The average molecular weight is 342 g/mol. The van der Waals surface area contributed by atoms with E-state index < -0.39 is 0 Å². The van der Waals surface area contributed by atoms with Crippen LogP contribution in [0.3, 0.4) is 0 Å². The van der Waals surface area contributed by atoms with Crippen LogP contribution in [0.1, 0.15) is 49.8 Å². The van der Waals surface area contributed by atoms with Crippen molar-refractivity contribution in [1.82, 2.24) is 0 Å². The van der Waals surface area contributed by atoms with Crippen molar-refractivity contribution in [2.75, 3.05) is 6.61 Å². The van der Waals surface area contributed by atoms with Crippen LogP contribution < -0.4 is 4.74 Å². The summed E-state index contributed by atoms with van der Waals surface area (Å²) < 4.78 is 5.56. The fourth-order valence-electron chi connectivity index (χ4n) is 2.32. The van der Waals surface area contributed by atoms with Gasteiger partial charge in [0, 0.05) is 11.1 Å². The monoisotopic (exact) mass is 342 g/mol. The normalized spacial score (nSPS) is 9.92. The molecule has 1 nitrogen and oxygen atoms in total. The predicted octanol–water partition coefficient (Wildman–Crippen LogP) is 5.78. The molecule has 0 aromatic heterocycles. The molecule has 1 heteroatoms. The fourth-order valence-corrected chi connectivity index (χ4v) is 2.32. The summed E-state index contributed by atoms with van der Waals surface area (Å²) in [5.41, 5.74) is 3.38. The van der Waals surface area contributed by atoms with Crippen LogP contribution in [0.15, 0.2) is 60.7 Å². The molecule has 0 saturated carbocycles. The SMILES string of the molecule is CCCCc1ccc(C#CC=CC#Cc2ccc(OCCC)cc2)cc1. The third-order valence-corrected chi connectivity index (χ3v) is 3.78. The lowest BCUT2D eigenvalue weighted by atomic mass is 10.1. The largest absolute Gasteiger partial charge is 0.494 e. The minimum Gasteiger partial charge on any atom is -0.494 e. The molecule has 2 rings (SSSR count). The summed E-state index contributed by atoms with van der Waals surface area (Å²) in [6, 6.07) is 16.3. The lowest BCUT2D eigenvalue weighted by molar-refractivity contribution is 0.317. The van der Waals surface area contributed by atoms with Gasteiger partial charge in [0.15, 0.2) is 0 Å². The van der Waals surface area contributed by atoms with Crippen molar-refractivity contribution in [3.63, 3.8) is 0 Å².